The summed E-state index contributed by atoms with van der Waals surface area (Å²) >= 11 is 0. The van der Waals surface area contributed by atoms with Crippen LogP contribution in [0.3, 0.4) is 0 Å². The SMILES string of the molecule is C=C1C[C@@H](C(O)CC)O[C@H]1CCC=O. The number of aliphatic hydroxyl groups is 1. The van der Waals surface area contributed by atoms with Gasteiger partial charge in [-0.15, -0.1) is 0 Å². The average molecular weight is 198 g/mol. The first-order valence-electron chi connectivity index (χ1n) is 5.13. The molecule has 0 amide bonds. The van der Waals surface area contributed by atoms with Crippen LogP contribution < -0.4 is 0 Å². The van der Waals surface area contributed by atoms with Crippen LogP contribution in [0.25, 0.3) is 0 Å². The number of carbonyl (C=O) groups excluding carboxylic acids is 1. The number of hydrogen-bond acceptors (Lipinski definition) is 3. The molecule has 1 fully saturated rings. The van der Waals surface area contributed by atoms with E-state index in [1.807, 2.05) is 6.92 Å². The molecule has 1 unspecified atom stereocenters. The van der Waals surface area contributed by atoms with Crippen molar-refractivity contribution in [3.8, 4) is 0 Å². The highest BCUT2D eigenvalue weighted by Gasteiger charge is 2.32. The molecule has 0 spiro atoms. The Morgan fingerprint density at radius 3 is 3.07 bits per heavy atom. The lowest BCUT2D eigenvalue weighted by molar-refractivity contribution is -0.108. The number of aliphatic hydroxyl groups excluding tert-OH is 1. The molecule has 0 radical (unpaired) electrons. The number of aldehydes is 1. The fourth-order valence-electron chi connectivity index (χ4n) is 1.73. The van der Waals surface area contributed by atoms with Crippen molar-refractivity contribution in [3.05, 3.63) is 12.2 Å². The molecule has 1 rings (SSSR count). The monoisotopic (exact) mass is 198 g/mol. The van der Waals surface area contributed by atoms with Gasteiger partial charge in [0, 0.05) is 6.42 Å². The molecule has 14 heavy (non-hydrogen) atoms. The Hall–Kier alpha value is -0.670. The zero-order valence-electron chi connectivity index (χ0n) is 8.61. The molecule has 1 aliphatic heterocycles. The van der Waals surface area contributed by atoms with Crippen LogP contribution in [-0.4, -0.2) is 29.7 Å². The van der Waals surface area contributed by atoms with Crippen molar-refractivity contribution in [2.75, 3.05) is 0 Å². The van der Waals surface area contributed by atoms with E-state index >= 15 is 0 Å². The van der Waals surface area contributed by atoms with Crippen LogP contribution in [0.2, 0.25) is 0 Å². The second kappa shape index (κ2) is 5.27. The molecule has 1 N–H and O–H groups in total. The van der Waals surface area contributed by atoms with Gasteiger partial charge in [0.1, 0.15) is 6.29 Å². The molecule has 1 saturated heterocycles. The maximum absolute atomic E-state index is 10.2. The van der Waals surface area contributed by atoms with Crippen LogP contribution in [0.5, 0.6) is 0 Å². The first-order chi connectivity index (χ1) is 6.69. The zero-order chi connectivity index (χ0) is 10.6. The molecule has 0 aromatic heterocycles. The first kappa shape index (κ1) is 11.4. The minimum atomic E-state index is -0.409. The molecule has 80 valence electrons. The van der Waals surface area contributed by atoms with Gasteiger partial charge in [0.15, 0.2) is 0 Å². The Labute approximate surface area is 84.8 Å². The predicted molar refractivity (Wildman–Crippen MR) is 54.0 cm³/mol. The molecule has 3 heteroatoms. The van der Waals surface area contributed by atoms with Crippen molar-refractivity contribution in [1.29, 1.82) is 0 Å². The van der Waals surface area contributed by atoms with Crippen LogP contribution >= 0.6 is 0 Å². The third-order valence-corrected chi connectivity index (χ3v) is 2.65. The Balaban J connectivity index is 2.42. The number of ether oxygens (including phenoxy) is 1. The summed E-state index contributed by atoms with van der Waals surface area (Å²) in [5.74, 6) is 0. The molecule has 3 nitrogen and oxygen atoms in total. The van der Waals surface area contributed by atoms with E-state index in [0.717, 1.165) is 18.3 Å². The van der Waals surface area contributed by atoms with Gasteiger partial charge in [-0.2, -0.15) is 0 Å². The zero-order valence-corrected chi connectivity index (χ0v) is 8.61. The average Bonchev–Trinajstić information content (AvgIpc) is 2.56. The Kier molecular flexibility index (Phi) is 4.29. The first-order valence-corrected chi connectivity index (χ1v) is 5.13. The van der Waals surface area contributed by atoms with E-state index in [4.69, 9.17) is 4.74 Å². The maximum Gasteiger partial charge on any atom is 0.120 e. The summed E-state index contributed by atoms with van der Waals surface area (Å²) < 4.78 is 5.62. The van der Waals surface area contributed by atoms with E-state index in [9.17, 15) is 9.90 Å². The summed E-state index contributed by atoms with van der Waals surface area (Å²) in [6.45, 7) is 5.83. The van der Waals surface area contributed by atoms with Crippen molar-refractivity contribution in [2.45, 2.75) is 50.9 Å². The molecular formula is C11H18O3. The van der Waals surface area contributed by atoms with Crippen molar-refractivity contribution in [3.63, 3.8) is 0 Å². The Morgan fingerprint density at radius 2 is 2.50 bits per heavy atom. The van der Waals surface area contributed by atoms with Crippen LogP contribution in [0.1, 0.15) is 32.6 Å². The van der Waals surface area contributed by atoms with Gasteiger partial charge in [0.25, 0.3) is 0 Å². The number of carbonyl (C=O) groups is 1. The van der Waals surface area contributed by atoms with Gasteiger partial charge in [-0.05, 0) is 24.8 Å². The van der Waals surface area contributed by atoms with Gasteiger partial charge in [-0.25, -0.2) is 0 Å². The molecule has 3 atom stereocenters. The lowest BCUT2D eigenvalue weighted by atomic mass is 10.0. The van der Waals surface area contributed by atoms with Crippen molar-refractivity contribution < 1.29 is 14.6 Å². The largest absolute Gasteiger partial charge is 0.390 e. The summed E-state index contributed by atoms with van der Waals surface area (Å²) in [5.41, 5.74) is 1.00. The Bertz CT molecular complexity index is 213. The maximum atomic E-state index is 10.2. The lowest BCUT2D eigenvalue weighted by Gasteiger charge is -2.16. The van der Waals surface area contributed by atoms with Crippen molar-refractivity contribution in [2.24, 2.45) is 0 Å². The molecule has 0 bridgehead atoms. The molecular weight excluding hydrogens is 180 g/mol. The fraction of sp³-hybridized carbons (Fsp3) is 0.727. The normalized spacial score (nSPS) is 29.1. The fourth-order valence-corrected chi connectivity index (χ4v) is 1.73. The molecule has 0 aromatic rings. The van der Waals surface area contributed by atoms with Gasteiger partial charge in [-0.1, -0.05) is 13.5 Å². The summed E-state index contributed by atoms with van der Waals surface area (Å²) in [4.78, 5) is 10.2. The van der Waals surface area contributed by atoms with E-state index < -0.39 is 6.10 Å². The van der Waals surface area contributed by atoms with Gasteiger partial charge >= 0.3 is 0 Å². The number of rotatable bonds is 5. The number of hydrogen-bond donors (Lipinski definition) is 1. The van der Waals surface area contributed by atoms with Gasteiger partial charge in [0.2, 0.25) is 0 Å². The van der Waals surface area contributed by atoms with E-state index in [-0.39, 0.29) is 12.2 Å². The van der Waals surface area contributed by atoms with E-state index in [0.29, 0.717) is 19.3 Å². The summed E-state index contributed by atoms with van der Waals surface area (Å²) in [7, 11) is 0. The summed E-state index contributed by atoms with van der Waals surface area (Å²) in [6.07, 6.45) is 2.92. The smallest absolute Gasteiger partial charge is 0.120 e. The standard InChI is InChI=1S/C11H18O3/c1-3-9(13)11-7-8(2)10(14-11)5-4-6-12/h6,9-11,13H,2-5,7H2,1H3/t9?,10-,11-/m0/s1. The Morgan fingerprint density at radius 1 is 1.79 bits per heavy atom. The third kappa shape index (κ3) is 2.66. The van der Waals surface area contributed by atoms with E-state index in [1.165, 1.54) is 0 Å². The second-order valence-electron chi connectivity index (χ2n) is 3.75. The molecule has 0 saturated carbocycles. The van der Waals surface area contributed by atoms with E-state index in [1.54, 1.807) is 0 Å². The topological polar surface area (TPSA) is 46.5 Å². The highest BCUT2D eigenvalue weighted by atomic mass is 16.5. The summed E-state index contributed by atoms with van der Waals surface area (Å²) in [6, 6.07) is 0. The highest BCUT2D eigenvalue weighted by molar-refractivity contribution is 5.49. The highest BCUT2D eigenvalue weighted by Crippen LogP contribution is 2.29. The van der Waals surface area contributed by atoms with Crippen LogP contribution in [0.4, 0.5) is 0 Å². The van der Waals surface area contributed by atoms with E-state index in [2.05, 4.69) is 6.58 Å². The third-order valence-electron chi connectivity index (χ3n) is 2.65. The molecule has 1 aliphatic rings. The van der Waals surface area contributed by atoms with Crippen molar-refractivity contribution >= 4 is 6.29 Å². The lowest BCUT2D eigenvalue weighted by Crippen LogP contribution is -2.25. The quantitative estimate of drug-likeness (QED) is 0.537. The van der Waals surface area contributed by atoms with Crippen LogP contribution in [-0.2, 0) is 9.53 Å². The minimum absolute atomic E-state index is 0.0357. The molecule has 1 heterocycles. The van der Waals surface area contributed by atoms with Crippen molar-refractivity contribution in [1.82, 2.24) is 0 Å². The van der Waals surface area contributed by atoms with Crippen LogP contribution in [0, 0.1) is 0 Å². The van der Waals surface area contributed by atoms with Gasteiger partial charge < -0.3 is 14.6 Å². The molecule has 0 aromatic carbocycles. The second-order valence-corrected chi connectivity index (χ2v) is 3.75. The molecule has 0 aliphatic carbocycles. The van der Waals surface area contributed by atoms with Gasteiger partial charge in [0.05, 0.1) is 18.3 Å². The van der Waals surface area contributed by atoms with Crippen LogP contribution in [0.15, 0.2) is 12.2 Å². The predicted octanol–water partition coefficient (Wildman–Crippen LogP) is 1.45. The summed E-state index contributed by atoms with van der Waals surface area (Å²) in [5, 5.41) is 9.58. The van der Waals surface area contributed by atoms with Gasteiger partial charge in [-0.3, -0.25) is 0 Å². The minimum Gasteiger partial charge on any atom is -0.390 e.